The molecule has 7 heteroatoms. The number of pyridine rings is 2. The molecule has 1 aliphatic heterocycles. The number of aromatic nitrogens is 4. The van der Waals surface area contributed by atoms with Gasteiger partial charge in [-0.15, -0.1) is 0 Å². The first-order chi connectivity index (χ1) is 16.6. The molecule has 0 spiro atoms. The molecule has 0 saturated carbocycles. The van der Waals surface area contributed by atoms with E-state index in [4.69, 9.17) is 0 Å². The standard InChI is InChI=1S/C27H30N6O/c1-19-7-5-13-28-24(19)17-33(18-25-20(2)8-6-14-29-25)21-11-15-32(16-12-21)27(34)26-30-22-9-3-4-10-23(22)31-26/h3-10,13-14,21H,11-12,15-18H2,1-2H3,(H,30,31). The molecule has 7 nitrogen and oxygen atoms in total. The second-order valence-corrected chi connectivity index (χ2v) is 9.06. The normalized spacial score (nSPS) is 14.7. The number of aromatic amines is 1. The molecule has 0 bridgehead atoms. The number of fused-ring (bicyclic) bond motifs is 1. The van der Waals surface area contributed by atoms with Gasteiger partial charge >= 0.3 is 0 Å². The van der Waals surface area contributed by atoms with Crippen molar-refractivity contribution in [2.75, 3.05) is 13.1 Å². The number of H-pyrrole nitrogens is 1. The number of aryl methyl sites for hydroxylation is 2. The Hall–Kier alpha value is -3.58. The Morgan fingerprint density at radius 1 is 0.941 bits per heavy atom. The van der Waals surface area contributed by atoms with Crippen LogP contribution in [0, 0.1) is 13.8 Å². The largest absolute Gasteiger partial charge is 0.336 e. The van der Waals surface area contributed by atoms with Crippen molar-refractivity contribution in [2.45, 2.75) is 45.8 Å². The number of rotatable bonds is 6. The van der Waals surface area contributed by atoms with E-state index in [0.717, 1.165) is 48.4 Å². The number of likely N-dealkylation sites (tertiary alicyclic amines) is 1. The van der Waals surface area contributed by atoms with Crippen molar-refractivity contribution in [1.29, 1.82) is 0 Å². The number of nitrogens with zero attached hydrogens (tertiary/aromatic N) is 5. The van der Waals surface area contributed by atoms with Crippen LogP contribution in [0.1, 0.15) is 46.0 Å². The fraction of sp³-hybridized carbons (Fsp3) is 0.333. The van der Waals surface area contributed by atoms with Gasteiger partial charge in [-0.1, -0.05) is 24.3 Å². The third kappa shape index (κ3) is 4.70. The van der Waals surface area contributed by atoms with Gasteiger partial charge < -0.3 is 9.88 Å². The summed E-state index contributed by atoms with van der Waals surface area (Å²) in [5.41, 5.74) is 6.30. The molecule has 1 N–H and O–H groups in total. The van der Waals surface area contributed by atoms with Gasteiger partial charge in [-0.25, -0.2) is 4.98 Å². The molecule has 4 heterocycles. The van der Waals surface area contributed by atoms with E-state index in [-0.39, 0.29) is 5.91 Å². The van der Waals surface area contributed by atoms with Gasteiger partial charge in [0.25, 0.3) is 5.91 Å². The maximum absolute atomic E-state index is 13.1. The summed E-state index contributed by atoms with van der Waals surface area (Å²) in [5, 5.41) is 0. The van der Waals surface area contributed by atoms with Crippen molar-refractivity contribution in [2.24, 2.45) is 0 Å². The summed E-state index contributed by atoms with van der Waals surface area (Å²) in [4.78, 5) is 34.5. The van der Waals surface area contributed by atoms with Gasteiger partial charge in [0.1, 0.15) is 0 Å². The van der Waals surface area contributed by atoms with E-state index in [1.807, 2.05) is 53.7 Å². The van der Waals surface area contributed by atoms with E-state index in [9.17, 15) is 4.79 Å². The van der Waals surface area contributed by atoms with E-state index in [1.54, 1.807) is 0 Å². The van der Waals surface area contributed by atoms with E-state index >= 15 is 0 Å². The Balaban J connectivity index is 1.31. The van der Waals surface area contributed by atoms with Gasteiger partial charge in [-0.2, -0.15) is 0 Å². The first-order valence-corrected chi connectivity index (χ1v) is 11.9. The highest BCUT2D eigenvalue weighted by Crippen LogP contribution is 2.23. The minimum Gasteiger partial charge on any atom is -0.336 e. The average Bonchev–Trinajstić information content (AvgIpc) is 3.30. The van der Waals surface area contributed by atoms with Crippen molar-refractivity contribution in [3.8, 4) is 0 Å². The predicted octanol–water partition coefficient (Wildman–Crippen LogP) is 4.28. The van der Waals surface area contributed by atoms with Crippen LogP contribution in [0.5, 0.6) is 0 Å². The minimum absolute atomic E-state index is 0.0256. The molecule has 5 rings (SSSR count). The minimum atomic E-state index is -0.0256. The lowest BCUT2D eigenvalue weighted by atomic mass is 10.0. The Kier molecular flexibility index (Phi) is 6.36. The molecule has 3 aromatic heterocycles. The molecular weight excluding hydrogens is 424 g/mol. The summed E-state index contributed by atoms with van der Waals surface area (Å²) in [6.07, 6.45) is 5.54. The molecule has 174 valence electrons. The van der Waals surface area contributed by atoms with E-state index in [2.05, 4.69) is 50.8 Å². The number of imidazole rings is 1. The van der Waals surface area contributed by atoms with Gasteiger partial charge in [0.2, 0.25) is 0 Å². The Bertz CT molecular complexity index is 1210. The zero-order valence-corrected chi connectivity index (χ0v) is 19.7. The quantitative estimate of drug-likeness (QED) is 0.471. The predicted molar refractivity (Wildman–Crippen MR) is 132 cm³/mol. The molecule has 0 atom stereocenters. The van der Waals surface area contributed by atoms with E-state index in [1.165, 1.54) is 11.1 Å². The Morgan fingerprint density at radius 3 is 2.15 bits per heavy atom. The van der Waals surface area contributed by atoms with Crippen LogP contribution in [-0.2, 0) is 13.1 Å². The van der Waals surface area contributed by atoms with Crippen molar-refractivity contribution in [1.82, 2.24) is 29.7 Å². The van der Waals surface area contributed by atoms with Crippen LogP contribution in [0.25, 0.3) is 11.0 Å². The van der Waals surface area contributed by atoms with Crippen molar-refractivity contribution in [3.63, 3.8) is 0 Å². The molecule has 4 aromatic rings. The molecule has 0 aliphatic carbocycles. The molecular formula is C27H30N6O. The maximum Gasteiger partial charge on any atom is 0.289 e. The second-order valence-electron chi connectivity index (χ2n) is 9.06. The molecule has 1 saturated heterocycles. The van der Waals surface area contributed by atoms with Gasteiger partial charge in [0.15, 0.2) is 5.82 Å². The van der Waals surface area contributed by atoms with Gasteiger partial charge in [-0.3, -0.25) is 19.7 Å². The number of piperidine rings is 1. The van der Waals surface area contributed by atoms with Crippen LogP contribution in [0.4, 0.5) is 0 Å². The van der Waals surface area contributed by atoms with E-state index in [0.29, 0.717) is 25.0 Å². The summed E-state index contributed by atoms with van der Waals surface area (Å²) < 4.78 is 0. The first-order valence-electron chi connectivity index (χ1n) is 11.9. The van der Waals surface area contributed by atoms with Crippen LogP contribution >= 0.6 is 0 Å². The number of nitrogens with one attached hydrogen (secondary N) is 1. The monoisotopic (exact) mass is 454 g/mol. The lowest BCUT2D eigenvalue weighted by Gasteiger charge is -2.38. The smallest absolute Gasteiger partial charge is 0.289 e. The zero-order chi connectivity index (χ0) is 23.5. The Morgan fingerprint density at radius 2 is 1.56 bits per heavy atom. The van der Waals surface area contributed by atoms with Crippen molar-refractivity contribution >= 4 is 16.9 Å². The number of carbonyl (C=O) groups excluding carboxylic acids is 1. The second kappa shape index (κ2) is 9.73. The number of para-hydroxylation sites is 2. The van der Waals surface area contributed by atoms with Crippen molar-refractivity contribution in [3.05, 3.63) is 89.3 Å². The third-order valence-electron chi connectivity index (χ3n) is 6.80. The van der Waals surface area contributed by atoms with Crippen molar-refractivity contribution < 1.29 is 4.79 Å². The summed E-state index contributed by atoms with van der Waals surface area (Å²) in [7, 11) is 0. The fourth-order valence-corrected chi connectivity index (χ4v) is 4.70. The lowest BCUT2D eigenvalue weighted by Crippen LogP contribution is -2.46. The molecule has 1 aromatic carbocycles. The average molecular weight is 455 g/mol. The summed E-state index contributed by atoms with van der Waals surface area (Å²) >= 11 is 0. The number of hydrogen-bond donors (Lipinski definition) is 1. The van der Waals surface area contributed by atoms with Gasteiger partial charge in [0.05, 0.1) is 22.4 Å². The van der Waals surface area contributed by atoms with Crippen LogP contribution in [0.3, 0.4) is 0 Å². The van der Waals surface area contributed by atoms with Gasteiger partial charge in [0, 0.05) is 44.6 Å². The lowest BCUT2D eigenvalue weighted by molar-refractivity contribution is 0.0580. The Labute approximate surface area is 199 Å². The molecule has 0 unspecified atom stereocenters. The maximum atomic E-state index is 13.1. The highest BCUT2D eigenvalue weighted by atomic mass is 16.2. The molecule has 1 fully saturated rings. The first kappa shape index (κ1) is 22.2. The summed E-state index contributed by atoms with van der Waals surface area (Å²) in [6.45, 7) is 7.18. The number of amides is 1. The van der Waals surface area contributed by atoms with Crippen LogP contribution in [-0.4, -0.2) is 54.8 Å². The molecule has 0 radical (unpaired) electrons. The topological polar surface area (TPSA) is 78.0 Å². The van der Waals surface area contributed by atoms with Crippen LogP contribution < -0.4 is 0 Å². The molecule has 34 heavy (non-hydrogen) atoms. The SMILES string of the molecule is Cc1cccnc1CN(Cc1ncccc1C)C1CCN(C(=O)c2nc3ccccc3[nH]2)CC1. The van der Waals surface area contributed by atoms with Crippen LogP contribution in [0.2, 0.25) is 0 Å². The molecule has 1 aliphatic rings. The van der Waals surface area contributed by atoms with E-state index < -0.39 is 0 Å². The molecule has 1 amide bonds. The summed E-state index contributed by atoms with van der Waals surface area (Å²) in [5.74, 6) is 0.395. The third-order valence-corrected chi connectivity index (χ3v) is 6.80. The fourth-order valence-electron chi connectivity index (χ4n) is 4.70. The highest BCUT2D eigenvalue weighted by molar-refractivity contribution is 5.94. The van der Waals surface area contributed by atoms with Crippen LogP contribution in [0.15, 0.2) is 60.9 Å². The van der Waals surface area contributed by atoms with Gasteiger partial charge in [-0.05, 0) is 62.1 Å². The highest BCUT2D eigenvalue weighted by Gasteiger charge is 2.29. The number of carbonyl (C=O) groups is 1. The summed E-state index contributed by atoms with van der Waals surface area (Å²) in [6, 6.07) is 16.3. The number of benzene rings is 1. The number of hydrogen-bond acceptors (Lipinski definition) is 5. The zero-order valence-electron chi connectivity index (χ0n) is 19.7.